The molecule has 1 N–H and O–H groups in total. The highest BCUT2D eigenvalue weighted by Crippen LogP contribution is 2.47. The third-order valence-electron chi connectivity index (χ3n) is 7.69. The molecule has 2 atom stereocenters. The molecule has 1 heterocycles. The molecule has 1 amide bonds. The van der Waals surface area contributed by atoms with Gasteiger partial charge >= 0.3 is 5.97 Å². The molecule has 9 heteroatoms. The lowest BCUT2D eigenvalue weighted by Crippen LogP contribution is -2.24. The first-order valence-corrected chi connectivity index (χ1v) is 15.1. The molecule has 3 aliphatic carbocycles. The zero-order valence-corrected chi connectivity index (χ0v) is 22.5. The summed E-state index contributed by atoms with van der Waals surface area (Å²) in [5.41, 5.74) is 2.29. The van der Waals surface area contributed by atoms with Gasteiger partial charge in [0.2, 0.25) is 5.91 Å². The molecule has 0 spiro atoms. The van der Waals surface area contributed by atoms with E-state index in [-0.39, 0.29) is 41.2 Å². The van der Waals surface area contributed by atoms with Gasteiger partial charge in [0, 0.05) is 19.0 Å². The van der Waals surface area contributed by atoms with Crippen LogP contribution in [0.5, 0.6) is 0 Å². The van der Waals surface area contributed by atoms with E-state index in [4.69, 9.17) is 4.74 Å². The highest BCUT2D eigenvalue weighted by molar-refractivity contribution is 7.92. The Morgan fingerprint density at radius 3 is 2.50 bits per heavy atom. The smallest absolute Gasteiger partial charge is 0.310 e. The van der Waals surface area contributed by atoms with Gasteiger partial charge in [-0.25, -0.2) is 13.4 Å². The number of carbonyl (C=O) groups is 3. The van der Waals surface area contributed by atoms with Crippen LogP contribution in [0, 0.1) is 5.92 Å². The third kappa shape index (κ3) is 6.14. The van der Waals surface area contributed by atoms with Gasteiger partial charge in [-0.3, -0.25) is 14.4 Å². The highest BCUT2D eigenvalue weighted by atomic mass is 32.2. The van der Waals surface area contributed by atoms with E-state index in [2.05, 4.69) is 10.3 Å². The van der Waals surface area contributed by atoms with E-state index in [9.17, 15) is 22.8 Å². The van der Waals surface area contributed by atoms with E-state index in [1.54, 1.807) is 37.4 Å². The van der Waals surface area contributed by atoms with Gasteiger partial charge in [0.05, 0.1) is 29.1 Å². The quantitative estimate of drug-likeness (QED) is 0.419. The lowest BCUT2D eigenvalue weighted by atomic mass is 9.86. The molecule has 38 heavy (non-hydrogen) atoms. The van der Waals surface area contributed by atoms with Gasteiger partial charge in [0.25, 0.3) is 0 Å². The Morgan fingerprint density at radius 1 is 1.11 bits per heavy atom. The van der Waals surface area contributed by atoms with Crippen molar-refractivity contribution in [1.29, 1.82) is 0 Å². The second-order valence-corrected chi connectivity index (χ2v) is 13.0. The van der Waals surface area contributed by atoms with E-state index >= 15 is 0 Å². The molecule has 0 bridgehead atoms. The molecule has 2 aromatic rings. The van der Waals surface area contributed by atoms with Crippen molar-refractivity contribution in [3.8, 4) is 0 Å². The molecule has 1 aromatic carbocycles. The van der Waals surface area contributed by atoms with Gasteiger partial charge < -0.3 is 10.1 Å². The number of hydrogen-bond acceptors (Lipinski definition) is 7. The molecule has 8 nitrogen and oxygen atoms in total. The van der Waals surface area contributed by atoms with Gasteiger partial charge in [0.15, 0.2) is 9.84 Å². The summed E-state index contributed by atoms with van der Waals surface area (Å²) < 4.78 is 31.2. The minimum absolute atomic E-state index is 0.105. The van der Waals surface area contributed by atoms with E-state index < -0.39 is 15.8 Å². The molecule has 3 saturated carbocycles. The Balaban J connectivity index is 1.39. The molecule has 3 aliphatic rings. The maximum Gasteiger partial charge on any atom is 0.310 e. The zero-order valence-electron chi connectivity index (χ0n) is 21.6. The first-order chi connectivity index (χ1) is 18.2. The number of carbonyl (C=O) groups excluding carboxylic acids is 3. The van der Waals surface area contributed by atoms with Crippen LogP contribution >= 0.6 is 0 Å². The average molecular weight is 539 g/mol. The summed E-state index contributed by atoms with van der Waals surface area (Å²) in [5.74, 6) is -0.211. The first kappa shape index (κ1) is 26.5. The van der Waals surface area contributed by atoms with E-state index in [0.717, 1.165) is 30.4 Å². The van der Waals surface area contributed by atoms with Crippen molar-refractivity contribution >= 4 is 33.3 Å². The fourth-order valence-corrected chi connectivity index (χ4v) is 7.26. The second kappa shape index (κ2) is 11.0. The summed E-state index contributed by atoms with van der Waals surface area (Å²) >= 11 is 0. The second-order valence-electron chi connectivity index (χ2n) is 10.8. The number of ether oxygens (including phenoxy) is 1. The summed E-state index contributed by atoms with van der Waals surface area (Å²) in [7, 11) is -3.35. The molecule has 0 aliphatic heterocycles. The number of nitrogens with one attached hydrogen (secondary N) is 1. The standard InChI is InChI=1S/C29H34N2O6S/c1-2-37-28(33)15-19-4-12-27(30-17-19)31-29(34)25(14-18-3-8-22(32)13-18)21-7-11-26(24(16-21)20-5-6-20)38(35,36)23-9-10-23/h4,7,11-12,16-18,20,23,25H,2-3,5-6,8-10,13-15H2,1H3,(H,30,31,34)/t18-,25+/m0/s1. The zero-order chi connectivity index (χ0) is 26.9. The Morgan fingerprint density at radius 2 is 1.89 bits per heavy atom. The third-order valence-corrected chi connectivity index (χ3v) is 10.0. The van der Waals surface area contributed by atoms with Gasteiger partial charge in [-0.05, 0) is 86.1 Å². The number of anilines is 1. The molecule has 0 radical (unpaired) electrons. The molecule has 202 valence electrons. The maximum atomic E-state index is 13.6. The van der Waals surface area contributed by atoms with E-state index in [1.165, 1.54) is 0 Å². The van der Waals surface area contributed by atoms with Crippen molar-refractivity contribution in [2.45, 2.75) is 86.7 Å². The summed E-state index contributed by atoms with van der Waals surface area (Å²) in [6.07, 6.45) is 7.24. The number of ketones is 1. The maximum absolute atomic E-state index is 13.6. The number of benzene rings is 1. The van der Waals surface area contributed by atoms with Gasteiger partial charge in [-0.1, -0.05) is 18.2 Å². The fraction of sp³-hybridized carbons (Fsp3) is 0.517. The summed E-state index contributed by atoms with van der Waals surface area (Å²) in [6, 6.07) is 8.78. The summed E-state index contributed by atoms with van der Waals surface area (Å²) in [4.78, 5) is 42.0. The van der Waals surface area contributed by atoms with Crippen LogP contribution in [0.3, 0.4) is 0 Å². The number of hydrogen-bond donors (Lipinski definition) is 1. The largest absolute Gasteiger partial charge is 0.466 e. The number of Topliss-reactive ketones (excluding diaryl/α,β-unsaturated/α-hetero) is 1. The topological polar surface area (TPSA) is 119 Å². The Hall–Kier alpha value is -3.07. The van der Waals surface area contributed by atoms with E-state index in [0.29, 0.717) is 55.0 Å². The normalized spacial score (nSPS) is 20.2. The molecule has 0 unspecified atom stereocenters. The van der Waals surface area contributed by atoms with Crippen molar-refractivity contribution in [2.24, 2.45) is 5.92 Å². The molecule has 3 fully saturated rings. The number of nitrogens with zero attached hydrogens (tertiary/aromatic N) is 1. The minimum atomic E-state index is -3.35. The van der Waals surface area contributed by atoms with Gasteiger partial charge in [-0.2, -0.15) is 0 Å². The predicted octanol–water partition coefficient (Wildman–Crippen LogP) is 4.48. The first-order valence-electron chi connectivity index (χ1n) is 13.6. The summed E-state index contributed by atoms with van der Waals surface area (Å²) in [5, 5.41) is 2.61. The van der Waals surface area contributed by atoms with Crippen LogP contribution in [0.25, 0.3) is 0 Å². The molecule has 1 aromatic heterocycles. The van der Waals surface area contributed by atoms with E-state index in [1.807, 2.05) is 6.07 Å². The van der Waals surface area contributed by atoms with Crippen LogP contribution in [0.4, 0.5) is 5.82 Å². The fourth-order valence-electron chi connectivity index (χ4n) is 5.33. The number of amides is 1. The lowest BCUT2D eigenvalue weighted by Gasteiger charge is -2.22. The van der Waals surface area contributed by atoms with Crippen LogP contribution < -0.4 is 5.32 Å². The number of rotatable bonds is 11. The Kier molecular flexibility index (Phi) is 7.66. The number of sulfone groups is 1. The Bertz CT molecular complexity index is 1330. The van der Waals surface area contributed by atoms with Crippen LogP contribution in [0.1, 0.15) is 86.8 Å². The SMILES string of the molecule is CCOC(=O)Cc1ccc(NC(=O)[C@H](C[C@H]2CCC(=O)C2)c2ccc(S(=O)(=O)C3CC3)c(C3CC3)c2)nc1. The van der Waals surface area contributed by atoms with Crippen LogP contribution in [0.15, 0.2) is 41.4 Å². The minimum Gasteiger partial charge on any atom is -0.466 e. The van der Waals surface area contributed by atoms with Crippen molar-refractivity contribution in [1.82, 2.24) is 4.98 Å². The predicted molar refractivity (Wildman–Crippen MR) is 142 cm³/mol. The molecular weight excluding hydrogens is 504 g/mol. The van der Waals surface area contributed by atoms with Gasteiger partial charge in [-0.15, -0.1) is 0 Å². The van der Waals surface area contributed by atoms with Crippen molar-refractivity contribution < 1.29 is 27.5 Å². The molecule has 5 rings (SSSR count). The molecule has 0 saturated heterocycles. The van der Waals surface area contributed by atoms with Crippen LogP contribution in [0.2, 0.25) is 0 Å². The van der Waals surface area contributed by atoms with Crippen molar-refractivity contribution in [3.05, 3.63) is 53.2 Å². The monoisotopic (exact) mass is 538 g/mol. The Labute approximate surface area is 223 Å². The number of aromatic nitrogens is 1. The van der Waals surface area contributed by atoms with Crippen LogP contribution in [-0.4, -0.2) is 42.9 Å². The van der Waals surface area contributed by atoms with Crippen LogP contribution in [-0.2, 0) is 35.4 Å². The van der Waals surface area contributed by atoms with Crippen molar-refractivity contribution in [2.75, 3.05) is 11.9 Å². The average Bonchev–Trinajstić information content (AvgIpc) is 3.81. The number of pyridine rings is 1. The number of esters is 1. The molecular formula is C29H34N2O6S. The van der Waals surface area contributed by atoms with Crippen molar-refractivity contribution in [3.63, 3.8) is 0 Å². The van der Waals surface area contributed by atoms with Gasteiger partial charge in [0.1, 0.15) is 11.6 Å². The highest BCUT2D eigenvalue weighted by Gasteiger charge is 2.41. The summed E-state index contributed by atoms with van der Waals surface area (Å²) in [6.45, 7) is 2.06. The lowest BCUT2D eigenvalue weighted by molar-refractivity contribution is -0.142.